The lowest BCUT2D eigenvalue weighted by Gasteiger charge is -2.34. The summed E-state index contributed by atoms with van der Waals surface area (Å²) in [4.78, 5) is 2.08. The SMILES string of the molecule is CN(Cc1cc(Cl)c2c(c1)OCCO2)C(C)(C)CO. The Kier molecular flexibility index (Phi) is 4.23. The van der Waals surface area contributed by atoms with E-state index < -0.39 is 0 Å². The third-order valence-corrected chi connectivity index (χ3v) is 3.78. The smallest absolute Gasteiger partial charge is 0.179 e. The molecule has 0 aliphatic carbocycles. The van der Waals surface area contributed by atoms with Gasteiger partial charge in [-0.1, -0.05) is 11.6 Å². The third-order valence-electron chi connectivity index (χ3n) is 3.50. The van der Waals surface area contributed by atoms with Crippen molar-refractivity contribution in [3.63, 3.8) is 0 Å². The zero-order valence-corrected chi connectivity index (χ0v) is 12.3. The maximum Gasteiger partial charge on any atom is 0.179 e. The largest absolute Gasteiger partial charge is 0.486 e. The highest BCUT2D eigenvalue weighted by Crippen LogP contribution is 2.38. The number of ether oxygens (including phenoxy) is 2. The normalized spacial score (nSPS) is 14.8. The molecule has 1 aliphatic heterocycles. The number of fused-ring (bicyclic) bond motifs is 1. The van der Waals surface area contributed by atoms with Crippen LogP contribution in [0.3, 0.4) is 0 Å². The molecule has 1 aromatic carbocycles. The number of aliphatic hydroxyl groups excluding tert-OH is 1. The van der Waals surface area contributed by atoms with Gasteiger partial charge in [0.25, 0.3) is 0 Å². The van der Waals surface area contributed by atoms with Crippen LogP contribution in [0.2, 0.25) is 5.02 Å². The van der Waals surface area contributed by atoms with E-state index in [0.717, 1.165) is 5.56 Å². The molecule has 0 atom stereocenters. The van der Waals surface area contributed by atoms with Crippen LogP contribution in [0.1, 0.15) is 19.4 Å². The van der Waals surface area contributed by atoms with Crippen molar-refractivity contribution in [3.8, 4) is 11.5 Å². The van der Waals surface area contributed by atoms with Crippen molar-refractivity contribution in [1.82, 2.24) is 4.90 Å². The highest BCUT2D eigenvalue weighted by molar-refractivity contribution is 6.32. The van der Waals surface area contributed by atoms with Crippen LogP contribution in [-0.4, -0.2) is 42.4 Å². The minimum Gasteiger partial charge on any atom is -0.486 e. The van der Waals surface area contributed by atoms with E-state index in [9.17, 15) is 5.11 Å². The third kappa shape index (κ3) is 3.14. The molecule has 5 heteroatoms. The molecule has 0 spiro atoms. The van der Waals surface area contributed by atoms with E-state index in [-0.39, 0.29) is 12.1 Å². The van der Waals surface area contributed by atoms with Crippen LogP contribution in [0.15, 0.2) is 12.1 Å². The monoisotopic (exact) mass is 285 g/mol. The van der Waals surface area contributed by atoms with Crippen molar-refractivity contribution >= 4 is 11.6 Å². The molecule has 0 radical (unpaired) electrons. The van der Waals surface area contributed by atoms with Crippen molar-refractivity contribution in [3.05, 3.63) is 22.7 Å². The molecule has 19 heavy (non-hydrogen) atoms. The molecule has 0 saturated heterocycles. The number of hydrogen-bond acceptors (Lipinski definition) is 4. The van der Waals surface area contributed by atoms with Crippen LogP contribution < -0.4 is 9.47 Å². The fourth-order valence-corrected chi connectivity index (χ4v) is 2.15. The Morgan fingerprint density at radius 3 is 2.68 bits per heavy atom. The van der Waals surface area contributed by atoms with Gasteiger partial charge in [-0.3, -0.25) is 4.90 Å². The molecule has 0 aromatic heterocycles. The zero-order chi connectivity index (χ0) is 14.0. The summed E-state index contributed by atoms with van der Waals surface area (Å²) in [6, 6.07) is 3.84. The Labute approximate surface area is 118 Å². The number of benzene rings is 1. The molecule has 106 valence electrons. The Morgan fingerprint density at radius 1 is 1.32 bits per heavy atom. The van der Waals surface area contributed by atoms with E-state index in [0.29, 0.717) is 36.3 Å². The summed E-state index contributed by atoms with van der Waals surface area (Å²) in [6.07, 6.45) is 0. The molecule has 0 fully saturated rings. The highest BCUT2D eigenvalue weighted by Gasteiger charge is 2.24. The number of aliphatic hydroxyl groups is 1. The molecule has 0 saturated carbocycles. The van der Waals surface area contributed by atoms with E-state index in [2.05, 4.69) is 4.90 Å². The van der Waals surface area contributed by atoms with E-state index >= 15 is 0 Å². The first-order valence-corrected chi connectivity index (χ1v) is 6.72. The van der Waals surface area contributed by atoms with Crippen LogP contribution in [0, 0.1) is 0 Å². The Bertz CT molecular complexity index is 462. The fraction of sp³-hybridized carbons (Fsp3) is 0.571. The standard InChI is InChI=1S/C14H20ClNO3/c1-14(2,9-17)16(3)8-10-6-11(15)13-12(7-10)18-4-5-19-13/h6-7,17H,4-5,8-9H2,1-3H3. The average molecular weight is 286 g/mol. The minimum atomic E-state index is -0.278. The zero-order valence-electron chi connectivity index (χ0n) is 11.6. The van der Waals surface area contributed by atoms with Crippen LogP contribution in [-0.2, 0) is 6.54 Å². The van der Waals surface area contributed by atoms with Gasteiger partial charge in [0.05, 0.1) is 11.6 Å². The molecule has 1 N–H and O–H groups in total. The topological polar surface area (TPSA) is 41.9 Å². The van der Waals surface area contributed by atoms with Gasteiger partial charge in [0.1, 0.15) is 13.2 Å². The van der Waals surface area contributed by atoms with Gasteiger partial charge in [0.2, 0.25) is 0 Å². The molecule has 0 amide bonds. The molecule has 0 unspecified atom stereocenters. The number of rotatable bonds is 4. The maximum atomic E-state index is 9.38. The molecule has 2 rings (SSSR count). The minimum absolute atomic E-state index is 0.0990. The predicted molar refractivity (Wildman–Crippen MR) is 75.1 cm³/mol. The van der Waals surface area contributed by atoms with E-state index in [1.807, 2.05) is 33.0 Å². The summed E-state index contributed by atoms with van der Waals surface area (Å²) in [6.45, 7) is 5.85. The number of nitrogens with zero attached hydrogens (tertiary/aromatic N) is 1. The summed E-state index contributed by atoms with van der Waals surface area (Å²) < 4.78 is 11.1. The number of likely N-dealkylation sites (N-methyl/N-ethyl adjacent to an activating group) is 1. The van der Waals surface area contributed by atoms with Gasteiger partial charge in [0, 0.05) is 12.1 Å². The lowest BCUT2D eigenvalue weighted by Crippen LogP contribution is -2.43. The average Bonchev–Trinajstić information content (AvgIpc) is 2.38. The van der Waals surface area contributed by atoms with Gasteiger partial charge in [0.15, 0.2) is 11.5 Å². The molecule has 4 nitrogen and oxygen atoms in total. The van der Waals surface area contributed by atoms with Gasteiger partial charge in [-0.15, -0.1) is 0 Å². The van der Waals surface area contributed by atoms with Gasteiger partial charge in [-0.05, 0) is 38.6 Å². The molecular formula is C14H20ClNO3. The van der Waals surface area contributed by atoms with Crippen molar-refractivity contribution in [2.75, 3.05) is 26.9 Å². The van der Waals surface area contributed by atoms with Crippen molar-refractivity contribution in [1.29, 1.82) is 0 Å². The molecule has 1 aliphatic rings. The van der Waals surface area contributed by atoms with E-state index in [4.69, 9.17) is 21.1 Å². The van der Waals surface area contributed by atoms with Crippen LogP contribution in [0.25, 0.3) is 0 Å². The predicted octanol–water partition coefficient (Wildman–Crippen LogP) is 2.31. The van der Waals surface area contributed by atoms with Crippen LogP contribution >= 0.6 is 11.6 Å². The molecule has 1 heterocycles. The Hall–Kier alpha value is -0.970. The first-order chi connectivity index (χ1) is 8.94. The second-order valence-electron chi connectivity index (χ2n) is 5.43. The van der Waals surface area contributed by atoms with Gasteiger partial charge in [-0.25, -0.2) is 0 Å². The van der Waals surface area contributed by atoms with E-state index in [1.54, 1.807) is 0 Å². The lowest BCUT2D eigenvalue weighted by molar-refractivity contribution is 0.0732. The first-order valence-electron chi connectivity index (χ1n) is 6.34. The van der Waals surface area contributed by atoms with Crippen molar-refractivity contribution < 1.29 is 14.6 Å². The lowest BCUT2D eigenvalue weighted by atomic mass is 10.0. The van der Waals surface area contributed by atoms with Gasteiger partial charge < -0.3 is 14.6 Å². The summed E-state index contributed by atoms with van der Waals surface area (Å²) >= 11 is 6.21. The fourth-order valence-electron chi connectivity index (χ4n) is 1.86. The Balaban J connectivity index is 2.20. The number of halogens is 1. The quantitative estimate of drug-likeness (QED) is 0.922. The van der Waals surface area contributed by atoms with Gasteiger partial charge in [-0.2, -0.15) is 0 Å². The second-order valence-corrected chi connectivity index (χ2v) is 5.84. The first kappa shape index (κ1) is 14.4. The summed E-state index contributed by atoms with van der Waals surface area (Å²) in [5, 5.41) is 9.95. The molecule has 0 bridgehead atoms. The summed E-state index contributed by atoms with van der Waals surface area (Å²) in [7, 11) is 1.97. The molecule has 1 aromatic rings. The number of hydrogen-bond donors (Lipinski definition) is 1. The Morgan fingerprint density at radius 2 is 2.00 bits per heavy atom. The van der Waals surface area contributed by atoms with E-state index in [1.165, 1.54) is 0 Å². The second kappa shape index (κ2) is 5.57. The van der Waals surface area contributed by atoms with Crippen molar-refractivity contribution in [2.24, 2.45) is 0 Å². The molecular weight excluding hydrogens is 266 g/mol. The summed E-state index contributed by atoms with van der Waals surface area (Å²) in [5.41, 5.74) is 0.762. The summed E-state index contributed by atoms with van der Waals surface area (Å²) in [5.74, 6) is 1.32. The maximum absolute atomic E-state index is 9.38. The van der Waals surface area contributed by atoms with Crippen molar-refractivity contribution in [2.45, 2.75) is 25.9 Å². The van der Waals surface area contributed by atoms with Crippen LogP contribution in [0.4, 0.5) is 0 Å². The van der Waals surface area contributed by atoms with Crippen LogP contribution in [0.5, 0.6) is 11.5 Å². The van der Waals surface area contributed by atoms with Gasteiger partial charge >= 0.3 is 0 Å². The highest BCUT2D eigenvalue weighted by atomic mass is 35.5.